The maximum Gasteiger partial charge on any atom is 0.155 e. The van der Waals surface area contributed by atoms with E-state index < -0.39 is 12.1 Å². The minimum absolute atomic E-state index is 0.201. The second-order valence-corrected chi connectivity index (χ2v) is 4.13. The zero-order valence-corrected chi connectivity index (χ0v) is 8.82. The molecule has 0 aliphatic heterocycles. The third kappa shape index (κ3) is 2.29. The third-order valence-corrected chi connectivity index (χ3v) is 2.25. The summed E-state index contributed by atoms with van der Waals surface area (Å²) in [6.45, 7) is 2.94. The summed E-state index contributed by atoms with van der Waals surface area (Å²) in [5.41, 5.74) is -0.0897. The van der Waals surface area contributed by atoms with Gasteiger partial charge in [-0.15, -0.1) is 10.2 Å². The molecule has 0 N–H and O–H groups in total. The van der Waals surface area contributed by atoms with Gasteiger partial charge in [-0.25, -0.2) is 0 Å². The van der Waals surface area contributed by atoms with Crippen LogP contribution in [0.1, 0.15) is 19.4 Å². The van der Waals surface area contributed by atoms with Crippen molar-refractivity contribution in [3.63, 3.8) is 0 Å². The molecule has 2 nitrogen and oxygen atoms in total. The number of aromatic nitrogens is 2. The van der Waals surface area contributed by atoms with Gasteiger partial charge in [-0.3, -0.25) is 4.39 Å². The van der Waals surface area contributed by atoms with Crippen LogP contribution in [0.25, 0.3) is 0 Å². The van der Waals surface area contributed by atoms with Crippen LogP contribution in [0.2, 0.25) is 10.3 Å². The zero-order valence-electron chi connectivity index (χ0n) is 7.31. The molecular weight excluding hydrogens is 214 g/mol. The largest absolute Gasteiger partial charge is 0.250 e. The Balaban J connectivity index is 3.20. The van der Waals surface area contributed by atoms with Gasteiger partial charge in [0.15, 0.2) is 10.3 Å². The topological polar surface area (TPSA) is 25.8 Å². The van der Waals surface area contributed by atoms with Gasteiger partial charge in [0.1, 0.15) is 0 Å². The lowest BCUT2D eigenvalue weighted by Gasteiger charge is -2.21. The molecule has 0 aromatic carbocycles. The van der Waals surface area contributed by atoms with Gasteiger partial charge in [0, 0.05) is 11.0 Å². The minimum atomic E-state index is -0.670. The smallest absolute Gasteiger partial charge is 0.155 e. The molecule has 0 bridgehead atoms. The Bertz CT molecular complexity index is 315. The van der Waals surface area contributed by atoms with E-state index in [1.807, 2.05) is 0 Å². The van der Waals surface area contributed by atoms with Gasteiger partial charge in [0.05, 0.1) is 6.67 Å². The van der Waals surface area contributed by atoms with E-state index in [1.165, 1.54) is 6.07 Å². The SMILES string of the molecule is CC(C)(CF)c1cc(Cl)nnc1Cl. The predicted octanol–water partition coefficient (Wildman–Crippen LogP) is 3.03. The van der Waals surface area contributed by atoms with Crippen molar-refractivity contribution in [2.75, 3.05) is 6.67 Å². The number of alkyl halides is 1. The summed E-state index contributed by atoms with van der Waals surface area (Å²) in [6, 6.07) is 1.54. The van der Waals surface area contributed by atoms with E-state index in [9.17, 15) is 4.39 Å². The molecule has 0 amide bonds. The highest BCUT2D eigenvalue weighted by atomic mass is 35.5. The van der Waals surface area contributed by atoms with Crippen molar-refractivity contribution in [2.24, 2.45) is 0 Å². The summed E-state index contributed by atoms with van der Waals surface area (Å²) in [4.78, 5) is 0. The van der Waals surface area contributed by atoms with Crippen LogP contribution in [0.5, 0.6) is 0 Å². The molecule has 0 spiro atoms. The van der Waals surface area contributed by atoms with E-state index in [0.717, 1.165) is 0 Å². The first-order valence-corrected chi connectivity index (χ1v) is 4.48. The van der Waals surface area contributed by atoms with Crippen molar-refractivity contribution >= 4 is 23.2 Å². The number of nitrogens with zero attached hydrogens (tertiary/aromatic N) is 2. The highest BCUT2D eigenvalue weighted by Crippen LogP contribution is 2.29. The van der Waals surface area contributed by atoms with Crippen LogP contribution in [0.4, 0.5) is 4.39 Å². The molecule has 1 aromatic heterocycles. The monoisotopic (exact) mass is 222 g/mol. The first kappa shape index (κ1) is 10.7. The number of rotatable bonds is 2. The lowest BCUT2D eigenvalue weighted by Crippen LogP contribution is -2.20. The van der Waals surface area contributed by atoms with Gasteiger partial charge < -0.3 is 0 Å². The van der Waals surface area contributed by atoms with Gasteiger partial charge in [-0.1, -0.05) is 37.0 Å². The molecule has 0 aliphatic rings. The molecular formula is C8H9Cl2FN2. The predicted molar refractivity (Wildman–Crippen MR) is 51.1 cm³/mol. The van der Waals surface area contributed by atoms with Crippen molar-refractivity contribution in [1.29, 1.82) is 0 Å². The number of halogens is 3. The molecule has 0 saturated heterocycles. The molecule has 0 fully saturated rings. The number of hydrogen-bond acceptors (Lipinski definition) is 2. The van der Waals surface area contributed by atoms with Gasteiger partial charge in [-0.2, -0.15) is 0 Å². The molecule has 0 atom stereocenters. The van der Waals surface area contributed by atoms with Crippen LogP contribution in [-0.2, 0) is 5.41 Å². The molecule has 72 valence electrons. The lowest BCUT2D eigenvalue weighted by molar-refractivity contribution is 0.350. The first-order chi connectivity index (χ1) is 5.97. The fourth-order valence-electron chi connectivity index (χ4n) is 0.900. The maximum atomic E-state index is 12.6. The number of hydrogen-bond donors (Lipinski definition) is 0. The Labute approximate surface area is 86.1 Å². The Hall–Kier alpha value is -0.410. The highest BCUT2D eigenvalue weighted by molar-refractivity contribution is 6.31. The highest BCUT2D eigenvalue weighted by Gasteiger charge is 2.24. The van der Waals surface area contributed by atoms with Gasteiger partial charge in [0.2, 0.25) is 0 Å². The minimum Gasteiger partial charge on any atom is -0.250 e. The third-order valence-electron chi connectivity index (χ3n) is 1.78. The Morgan fingerprint density at radius 3 is 2.54 bits per heavy atom. The van der Waals surface area contributed by atoms with Crippen molar-refractivity contribution in [2.45, 2.75) is 19.3 Å². The van der Waals surface area contributed by atoms with Crippen LogP contribution in [0.15, 0.2) is 6.07 Å². The van der Waals surface area contributed by atoms with Crippen molar-refractivity contribution in [1.82, 2.24) is 10.2 Å². The summed E-state index contributed by atoms with van der Waals surface area (Å²) in [5.74, 6) is 0. The standard InChI is InChI=1S/C8H9Cl2FN2/c1-8(2,4-11)5-3-6(9)12-13-7(5)10/h3H,4H2,1-2H3. The Morgan fingerprint density at radius 2 is 2.00 bits per heavy atom. The van der Waals surface area contributed by atoms with Crippen molar-refractivity contribution in [3.05, 3.63) is 21.9 Å². The summed E-state index contributed by atoms with van der Waals surface area (Å²) < 4.78 is 12.6. The van der Waals surface area contributed by atoms with Gasteiger partial charge in [0.25, 0.3) is 0 Å². The van der Waals surface area contributed by atoms with Gasteiger partial charge in [-0.05, 0) is 6.07 Å². The maximum absolute atomic E-state index is 12.6. The van der Waals surface area contributed by atoms with Gasteiger partial charge >= 0.3 is 0 Å². The molecule has 0 saturated carbocycles. The lowest BCUT2D eigenvalue weighted by atomic mass is 9.88. The molecule has 5 heteroatoms. The quantitative estimate of drug-likeness (QED) is 0.769. The molecule has 13 heavy (non-hydrogen) atoms. The summed E-state index contributed by atoms with van der Waals surface area (Å²) >= 11 is 11.4. The Kier molecular flexibility index (Phi) is 3.09. The first-order valence-electron chi connectivity index (χ1n) is 3.72. The Morgan fingerprint density at radius 1 is 1.38 bits per heavy atom. The summed E-state index contributed by atoms with van der Waals surface area (Å²) in [5, 5.41) is 7.58. The van der Waals surface area contributed by atoms with E-state index in [2.05, 4.69) is 10.2 Å². The second kappa shape index (κ2) is 3.76. The van der Waals surface area contributed by atoms with E-state index in [-0.39, 0.29) is 10.3 Å². The van der Waals surface area contributed by atoms with Crippen LogP contribution in [0.3, 0.4) is 0 Å². The van der Waals surface area contributed by atoms with Crippen LogP contribution >= 0.6 is 23.2 Å². The van der Waals surface area contributed by atoms with Crippen molar-refractivity contribution < 1.29 is 4.39 Å². The molecule has 1 heterocycles. The fourth-order valence-corrected chi connectivity index (χ4v) is 1.39. The fraction of sp³-hybridized carbons (Fsp3) is 0.500. The van der Waals surface area contributed by atoms with Crippen LogP contribution in [0, 0.1) is 0 Å². The van der Waals surface area contributed by atoms with E-state index >= 15 is 0 Å². The van der Waals surface area contributed by atoms with Crippen LogP contribution < -0.4 is 0 Å². The average molecular weight is 223 g/mol. The van der Waals surface area contributed by atoms with E-state index in [4.69, 9.17) is 23.2 Å². The second-order valence-electron chi connectivity index (χ2n) is 3.39. The molecule has 1 aromatic rings. The molecule has 0 radical (unpaired) electrons. The zero-order chi connectivity index (χ0) is 10.1. The summed E-state index contributed by atoms with van der Waals surface area (Å²) in [7, 11) is 0. The van der Waals surface area contributed by atoms with Crippen LogP contribution in [-0.4, -0.2) is 16.9 Å². The molecule has 0 unspecified atom stereocenters. The molecule has 0 aliphatic carbocycles. The normalized spacial score (nSPS) is 11.8. The average Bonchev–Trinajstić information content (AvgIpc) is 2.09. The summed E-state index contributed by atoms with van der Waals surface area (Å²) in [6.07, 6.45) is 0. The molecule has 1 rings (SSSR count). The van der Waals surface area contributed by atoms with E-state index in [1.54, 1.807) is 13.8 Å². The van der Waals surface area contributed by atoms with E-state index in [0.29, 0.717) is 5.56 Å². The van der Waals surface area contributed by atoms with Crippen molar-refractivity contribution in [3.8, 4) is 0 Å².